The van der Waals surface area contributed by atoms with E-state index in [2.05, 4.69) is 93.3 Å². The van der Waals surface area contributed by atoms with E-state index in [9.17, 15) is 9.90 Å². The lowest BCUT2D eigenvalue weighted by atomic mass is 9.94. The fourth-order valence-electron chi connectivity index (χ4n) is 5.15. The highest BCUT2D eigenvalue weighted by molar-refractivity contribution is 6.74. The highest BCUT2D eigenvalue weighted by atomic mass is 28.4. The van der Waals surface area contributed by atoms with E-state index in [1.54, 1.807) is 0 Å². The van der Waals surface area contributed by atoms with Crippen molar-refractivity contribution in [1.82, 2.24) is 9.88 Å². The van der Waals surface area contributed by atoms with Gasteiger partial charge < -0.3 is 28.5 Å². The molecule has 3 rings (SSSR count). The van der Waals surface area contributed by atoms with Crippen LogP contribution in [0.4, 0.5) is 10.6 Å². The van der Waals surface area contributed by atoms with Crippen LogP contribution in [0, 0.1) is 5.92 Å². The number of carbonyl (C=O) groups excluding carboxylic acids is 1. The first-order chi connectivity index (χ1) is 19.4. The second kappa shape index (κ2) is 12.4. The Labute approximate surface area is 265 Å². The molecule has 2 radical (unpaired) electrons. The fraction of sp³-hybridized carbons (Fsp3) is 0.818. The topological polar surface area (TPSA) is 84.4 Å². The van der Waals surface area contributed by atoms with Crippen molar-refractivity contribution >= 4 is 30.0 Å². The van der Waals surface area contributed by atoms with Crippen LogP contribution in [0.1, 0.15) is 113 Å². The monoisotopic (exact) mass is 633 g/mol. The number of hydrogen-bond acceptors (Lipinski definition) is 7. The molecule has 1 amide bonds. The number of hydrogen-bond donors (Lipinski definition) is 1. The number of fused-ring (bicyclic) bond motifs is 3. The predicted octanol–water partition coefficient (Wildman–Crippen LogP) is 7.23. The van der Waals surface area contributed by atoms with E-state index in [0.29, 0.717) is 19.0 Å². The summed E-state index contributed by atoms with van der Waals surface area (Å²) in [6.45, 7) is 33.3. The Hall–Kier alpha value is -1.47. The van der Waals surface area contributed by atoms with Gasteiger partial charge in [-0.3, -0.25) is 0 Å². The molecule has 0 spiro atoms. The molecule has 1 saturated heterocycles. The molecule has 0 aliphatic carbocycles. The summed E-state index contributed by atoms with van der Waals surface area (Å²) in [5.41, 5.74) is 1.35. The SMILES string of the molecule is CC(C)C(C)(C)[Si]OC(C)(C)c1nc2c(cc1C(O)CO[Si](C)(C)C(C)(C)C)C[C@@H]1CN(C(=O)OC(C)(C)C)C[C@@H](C)N21. The summed E-state index contributed by atoms with van der Waals surface area (Å²) < 4.78 is 18.9. The van der Waals surface area contributed by atoms with Crippen LogP contribution in [0.5, 0.6) is 0 Å². The van der Waals surface area contributed by atoms with Gasteiger partial charge in [0.2, 0.25) is 9.76 Å². The minimum atomic E-state index is -2.07. The average molecular weight is 634 g/mol. The van der Waals surface area contributed by atoms with Crippen LogP contribution in [0.3, 0.4) is 0 Å². The van der Waals surface area contributed by atoms with Crippen LogP contribution in [0.25, 0.3) is 0 Å². The first-order valence-electron chi connectivity index (χ1n) is 15.9. The number of rotatable bonds is 9. The number of amides is 1. The molecule has 1 aromatic rings. The van der Waals surface area contributed by atoms with Crippen molar-refractivity contribution in [2.75, 3.05) is 24.6 Å². The molecular weight excluding hydrogens is 575 g/mol. The van der Waals surface area contributed by atoms with E-state index in [0.717, 1.165) is 29.1 Å². The molecule has 43 heavy (non-hydrogen) atoms. The maximum absolute atomic E-state index is 13.0. The molecule has 2 aliphatic heterocycles. The van der Waals surface area contributed by atoms with Crippen LogP contribution >= 0.6 is 0 Å². The highest BCUT2D eigenvalue weighted by Crippen LogP contribution is 2.43. The van der Waals surface area contributed by atoms with Gasteiger partial charge >= 0.3 is 6.09 Å². The van der Waals surface area contributed by atoms with Crippen LogP contribution in [0.15, 0.2) is 6.07 Å². The van der Waals surface area contributed by atoms with Gasteiger partial charge in [-0.05, 0) is 88.7 Å². The van der Waals surface area contributed by atoms with Crippen LogP contribution in [-0.4, -0.2) is 76.5 Å². The van der Waals surface area contributed by atoms with E-state index in [1.165, 1.54) is 0 Å². The second-order valence-electron chi connectivity index (χ2n) is 16.6. The largest absolute Gasteiger partial charge is 0.444 e. The van der Waals surface area contributed by atoms with Crippen molar-refractivity contribution in [3.63, 3.8) is 0 Å². The van der Waals surface area contributed by atoms with Gasteiger partial charge in [-0.1, -0.05) is 48.5 Å². The molecule has 1 fully saturated rings. The maximum Gasteiger partial charge on any atom is 0.410 e. The fourth-order valence-corrected chi connectivity index (χ4v) is 7.01. The number of aliphatic hydroxyl groups is 1. The minimum absolute atomic E-state index is 0.00974. The minimum Gasteiger partial charge on any atom is -0.444 e. The normalized spacial score (nSPS) is 20.8. The molecule has 1 unspecified atom stereocenters. The Bertz CT molecular complexity index is 1160. The third kappa shape index (κ3) is 8.23. The average Bonchev–Trinajstić information content (AvgIpc) is 3.21. The van der Waals surface area contributed by atoms with Crippen molar-refractivity contribution in [1.29, 1.82) is 0 Å². The zero-order valence-corrected chi connectivity index (χ0v) is 31.6. The van der Waals surface area contributed by atoms with Gasteiger partial charge in [0.05, 0.1) is 23.9 Å². The molecule has 2 aliphatic rings. The standard InChI is InChI=1S/C33H59N3O5Si2/c1-21(2)33(12,13)42-41-32(10,11)27-25(26(37)20-39-43(14,15)31(7,8)9)17-23-16-24-19-35(29(38)40-30(4,5)6)18-22(3)36(24)28(23)34-27/h17,21-22,24,26,37H,16,18-20H2,1-15H3/t22-,24-,26?/m1/s1. The highest BCUT2D eigenvalue weighted by Gasteiger charge is 2.44. The molecule has 3 heterocycles. The molecule has 0 aromatic carbocycles. The third-order valence-electron chi connectivity index (χ3n) is 9.59. The molecule has 10 heteroatoms. The van der Waals surface area contributed by atoms with E-state index >= 15 is 0 Å². The molecule has 0 saturated carbocycles. The van der Waals surface area contributed by atoms with Gasteiger partial charge in [-0.2, -0.15) is 0 Å². The Morgan fingerprint density at radius 1 is 1.09 bits per heavy atom. The van der Waals surface area contributed by atoms with Gasteiger partial charge in [0.1, 0.15) is 17.5 Å². The predicted molar refractivity (Wildman–Crippen MR) is 178 cm³/mol. The van der Waals surface area contributed by atoms with Crippen molar-refractivity contribution in [2.24, 2.45) is 5.92 Å². The zero-order valence-electron chi connectivity index (χ0n) is 29.6. The summed E-state index contributed by atoms with van der Waals surface area (Å²) in [6.07, 6.45) is -0.358. The van der Waals surface area contributed by atoms with Gasteiger partial charge in [-0.15, -0.1) is 0 Å². The molecule has 8 nitrogen and oxygen atoms in total. The molecular formula is C33H59N3O5Si2. The summed E-state index contributed by atoms with van der Waals surface area (Å²) in [4.78, 5) is 22.5. The Kier molecular flexibility index (Phi) is 10.4. The number of nitrogens with zero attached hydrogens (tertiary/aromatic N) is 3. The van der Waals surface area contributed by atoms with E-state index in [4.69, 9.17) is 18.6 Å². The molecule has 244 valence electrons. The van der Waals surface area contributed by atoms with Gasteiger partial charge in [0.15, 0.2) is 8.32 Å². The first kappa shape index (κ1) is 36.0. The van der Waals surface area contributed by atoms with E-state index in [-0.39, 0.29) is 44.6 Å². The lowest BCUT2D eigenvalue weighted by molar-refractivity contribution is 0.0191. The van der Waals surface area contributed by atoms with Crippen molar-refractivity contribution in [3.05, 3.63) is 22.9 Å². The molecule has 1 aromatic heterocycles. The summed E-state index contributed by atoms with van der Waals surface area (Å²) in [7, 11) is -1.81. The number of anilines is 1. The maximum atomic E-state index is 13.0. The van der Waals surface area contributed by atoms with E-state index < -0.39 is 25.6 Å². The van der Waals surface area contributed by atoms with Gasteiger partial charge in [0.25, 0.3) is 0 Å². The van der Waals surface area contributed by atoms with Crippen LogP contribution in [-0.2, 0) is 25.6 Å². The zero-order chi connectivity index (χ0) is 32.9. The summed E-state index contributed by atoms with van der Waals surface area (Å²) in [5, 5.41) is 11.7. The molecule has 1 N–H and O–H groups in total. The van der Waals surface area contributed by atoms with Gasteiger partial charge in [0, 0.05) is 24.7 Å². The van der Waals surface area contributed by atoms with E-state index in [1.807, 2.05) is 25.7 Å². The second-order valence-corrected chi connectivity index (χ2v) is 23.1. The first-order valence-corrected chi connectivity index (χ1v) is 19.8. The third-order valence-corrected chi connectivity index (χ3v) is 15.8. The Morgan fingerprint density at radius 2 is 1.70 bits per heavy atom. The van der Waals surface area contributed by atoms with Crippen molar-refractivity contribution in [2.45, 2.75) is 149 Å². The number of carbonyl (C=O) groups is 1. The quantitative estimate of drug-likeness (QED) is 0.287. The lowest BCUT2D eigenvalue weighted by Crippen LogP contribution is -2.58. The Balaban J connectivity index is 1.99. The van der Waals surface area contributed by atoms with Crippen LogP contribution < -0.4 is 4.90 Å². The smallest absolute Gasteiger partial charge is 0.410 e. The van der Waals surface area contributed by atoms with Crippen molar-refractivity contribution in [3.8, 4) is 0 Å². The summed E-state index contributed by atoms with van der Waals surface area (Å²) in [5.74, 6) is 1.39. The Morgan fingerprint density at radius 3 is 2.23 bits per heavy atom. The lowest BCUT2D eigenvalue weighted by Gasteiger charge is -2.43. The number of aromatic nitrogens is 1. The van der Waals surface area contributed by atoms with Crippen molar-refractivity contribution < 1.29 is 23.5 Å². The summed E-state index contributed by atoms with van der Waals surface area (Å²) >= 11 is 0. The van der Waals surface area contributed by atoms with Crippen LogP contribution in [0.2, 0.25) is 23.2 Å². The number of aliphatic hydroxyl groups excluding tert-OH is 1. The van der Waals surface area contributed by atoms with Gasteiger partial charge in [-0.25, -0.2) is 9.78 Å². The molecule has 0 bridgehead atoms. The summed E-state index contributed by atoms with van der Waals surface area (Å²) in [6, 6.07) is 2.28. The molecule has 3 atom stereocenters. The number of ether oxygens (including phenoxy) is 1. The number of pyridine rings is 1. The number of piperazine rings is 1.